The number of aromatic nitrogens is 2. The molecule has 0 aliphatic carbocycles. The monoisotopic (exact) mass is 223 g/mol. The van der Waals surface area contributed by atoms with E-state index in [0.717, 1.165) is 22.4 Å². The molecule has 0 aliphatic heterocycles. The average Bonchev–Trinajstić information content (AvgIpc) is 2.97. The molecule has 0 saturated carbocycles. The van der Waals surface area contributed by atoms with E-state index in [1.807, 2.05) is 29.8 Å². The molecule has 2 heterocycles. The van der Waals surface area contributed by atoms with Gasteiger partial charge in [0.05, 0.1) is 22.9 Å². The van der Waals surface area contributed by atoms with Gasteiger partial charge in [-0.1, -0.05) is 6.07 Å². The molecule has 0 saturated heterocycles. The number of aryl methyl sites for hydroxylation is 1. The van der Waals surface area contributed by atoms with Crippen molar-refractivity contribution in [2.24, 2.45) is 7.05 Å². The Bertz CT molecular complexity index is 717. The number of nitriles is 1. The zero-order chi connectivity index (χ0) is 11.8. The highest BCUT2D eigenvalue weighted by molar-refractivity contribution is 5.85. The second-order valence-electron chi connectivity index (χ2n) is 3.79. The Kier molecular flexibility index (Phi) is 1.99. The van der Waals surface area contributed by atoms with E-state index >= 15 is 0 Å². The van der Waals surface area contributed by atoms with Crippen LogP contribution in [0.3, 0.4) is 0 Å². The highest BCUT2D eigenvalue weighted by atomic mass is 16.3. The van der Waals surface area contributed by atoms with Crippen molar-refractivity contribution in [2.45, 2.75) is 0 Å². The standard InChI is InChI=1S/C13H9N3O/c1-16-11-4-2-3-9(7-14)12(11)15-13(16)10-5-6-17-8-10/h2-6,8H,1H3. The van der Waals surface area contributed by atoms with Crippen LogP contribution in [0.25, 0.3) is 22.4 Å². The van der Waals surface area contributed by atoms with E-state index in [1.165, 1.54) is 0 Å². The minimum atomic E-state index is 0.591. The molecule has 82 valence electrons. The maximum atomic E-state index is 9.05. The van der Waals surface area contributed by atoms with Gasteiger partial charge in [-0.15, -0.1) is 0 Å². The van der Waals surface area contributed by atoms with Crippen LogP contribution in [-0.4, -0.2) is 9.55 Å². The molecule has 3 rings (SSSR count). The maximum Gasteiger partial charge on any atom is 0.144 e. The fourth-order valence-electron chi connectivity index (χ4n) is 1.95. The van der Waals surface area contributed by atoms with Crippen molar-refractivity contribution in [2.75, 3.05) is 0 Å². The number of benzene rings is 1. The van der Waals surface area contributed by atoms with Crippen molar-refractivity contribution in [3.05, 3.63) is 42.4 Å². The van der Waals surface area contributed by atoms with E-state index in [2.05, 4.69) is 11.1 Å². The Morgan fingerprint density at radius 3 is 2.94 bits per heavy atom. The summed E-state index contributed by atoms with van der Waals surface area (Å²) in [5.74, 6) is 0.802. The molecule has 0 fully saturated rings. The van der Waals surface area contributed by atoms with Crippen LogP contribution in [0.15, 0.2) is 41.2 Å². The van der Waals surface area contributed by atoms with E-state index in [0.29, 0.717) is 5.56 Å². The molecule has 0 amide bonds. The third kappa shape index (κ3) is 1.33. The van der Waals surface area contributed by atoms with Crippen molar-refractivity contribution in [3.63, 3.8) is 0 Å². The van der Waals surface area contributed by atoms with E-state index in [4.69, 9.17) is 9.68 Å². The minimum absolute atomic E-state index is 0.591. The summed E-state index contributed by atoms with van der Waals surface area (Å²) in [5.41, 5.74) is 3.18. The first kappa shape index (κ1) is 9.67. The van der Waals surface area contributed by atoms with Crippen LogP contribution in [0.2, 0.25) is 0 Å². The number of hydrogen-bond acceptors (Lipinski definition) is 3. The molecule has 0 radical (unpaired) electrons. The Balaban J connectivity index is 2.37. The summed E-state index contributed by atoms with van der Waals surface area (Å²) in [5, 5.41) is 9.05. The molecule has 0 N–H and O–H groups in total. The molecule has 0 bridgehead atoms. The number of para-hydroxylation sites is 1. The molecule has 2 aromatic heterocycles. The van der Waals surface area contributed by atoms with Gasteiger partial charge in [0.25, 0.3) is 0 Å². The molecule has 4 nitrogen and oxygen atoms in total. The summed E-state index contributed by atoms with van der Waals surface area (Å²) in [6.07, 6.45) is 3.26. The second kappa shape index (κ2) is 3.49. The van der Waals surface area contributed by atoms with Crippen LogP contribution < -0.4 is 0 Å². The molecule has 4 heteroatoms. The number of imidazole rings is 1. The molecule has 0 spiro atoms. The van der Waals surface area contributed by atoms with Gasteiger partial charge in [-0.05, 0) is 18.2 Å². The van der Waals surface area contributed by atoms with Crippen molar-refractivity contribution in [3.8, 4) is 17.5 Å². The van der Waals surface area contributed by atoms with E-state index in [1.54, 1.807) is 18.6 Å². The van der Waals surface area contributed by atoms with Crippen molar-refractivity contribution in [1.29, 1.82) is 5.26 Å². The van der Waals surface area contributed by atoms with Crippen molar-refractivity contribution < 1.29 is 4.42 Å². The smallest absolute Gasteiger partial charge is 0.144 e. The minimum Gasteiger partial charge on any atom is -0.472 e. The zero-order valence-electron chi connectivity index (χ0n) is 9.21. The normalized spacial score (nSPS) is 10.6. The Morgan fingerprint density at radius 1 is 1.35 bits per heavy atom. The SMILES string of the molecule is Cn1c(-c2ccoc2)nc2c(C#N)cccc21. The molecule has 17 heavy (non-hydrogen) atoms. The summed E-state index contributed by atoms with van der Waals surface area (Å²) in [4.78, 5) is 4.51. The van der Waals surface area contributed by atoms with E-state index in [-0.39, 0.29) is 0 Å². The third-order valence-corrected chi connectivity index (χ3v) is 2.81. The van der Waals surface area contributed by atoms with E-state index < -0.39 is 0 Å². The highest BCUT2D eigenvalue weighted by Crippen LogP contribution is 2.25. The van der Waals surface area contributed by atoms with Gasteiger partial charge in [-0.25, -0.2) is 4.98 Å². The van der Waals surface area contributed by atoms with E-state index in [9.17, 15) is 0 Å². The summed E-state index contributed by atoms with van der Waals surface area (Å²) in [6.45, 7) is 0. The largest absolute Gasteiger partial charge is 0.472 e. The lowest BCUT2D eigenvalue weighted by atomic mass is 10.2. The van der Waals surface area contributed by atoms with Crippen LogP contribution >= 0.6 is 0 Å². The summed E-state index contributed by atoms with van der Waals surface area (Å²) < 4.78 is 7.02. The molecule has 0 unspecified atom stereocenters. The van der Waals surface area contributed by atoms with Gasteiger partial charge in [-0.3, -0.25) is 0 Å². The van der Waals surface area contributed by atoms with Gasteiger partial charge < -0.3 is 8.98 Å². The first-order valence-electron chi connectivity index (χ1n) is 5.19. The van der Waals surface area contributed by atoms with Crippen LogP contribution in [0.4, 0.5) is 0 Å². The first-order valence-corrected chi connectivity index (χ1v) is 5.19. The van der Waals surface area contributed by atoms with Crippen LogP contribution in [-0.2, 0) is 7.05 Å². The predicted molar refractivity (Wildman–Crippen MR) is 63.1 cm³/mol. The van der Waals surface area contributed by atoms with Gasteiger partial charge in [0.15, 0.2) is 0 Å². The van der Waals surface area contributed by atoms with Crippen LogP contribution in [0, 0.1) is 11.3 Å². The van der Waals surface area contributed by atoms with Gasteiger partial charge in [0.2, 0.25) is 0 Å². The molecule has 0 atom stereocenters. The summed E-state index contributed by atoms with van der Waals surface area (Å²) >= 11 is 0. The predicted octanol–water partition coefficient (Wildman–Crippen LogP) is 2.70. The third-order valence-electron chi connectivity index (χ3n) is 2.81. The summed E-state index contributed by atoms with van der Waals surface area (Å²) in [6, 6.07) is 9.60. The molecular formula is C13H9N3O. The van der Waals surface area contributed by atoms with Crippen molar-refractivity contribution >= 4 is 11.0 Å². The number of furan rings is 1. The number of hydrogen-bond donors (Lipinski definition) is 0. The van der Waals surface area contributed by atoms with Gasteiger partial charge in [0.1, 0.15) is 23.7 Å². The number of rotatable bonds is 1. The molecule has 1 aromatic carbocycles. The molecule has 3 aromatic rings. The lowest BCUT2D eigenvalue weighted by molar-refractivity contribution is 0.567. The quantitative estimate of drug-likeness (QED) is 0.637. The topological polar surface area (TPSA) is 54.8 Å². The molecular weight excluding hydrogens is 214 g/mol. The van der Waals surface area contributed by atoms with Crippen LogP contribution in [0.1, 0.15) is 5.56 Å². The Hall–Kier alpha value is -2.54. The maximum absolute atomic E-state index is 9.05. The van der Waals surface area contributed by atoms with Crippen molar-refractivity contribution in [1.82, 2.24) is 9.55 Å². The average molecular weight is 223 g/mol. The zero-order valence-corrected chi connectivity index (χ0v) is 9.21. The lowest BCUT2D eigenvalue weighted by Gasteiger charge is -1.98. The highest BCUT2D eigenvalue weighted by Gasteiger charge is 2.12. The van der Waals surface area contributed by atoms with Gasteiger partial charge >= 0.3 is 0 Å². The van der Waals surface area contributed by atoms with Crippen LogP contribution in [0.5, 0.6) is 0 Å². The number of fused-ring (bicyclic) bond motifs is 1. The lowest BCUT2D eigenvalue weighted by Crippen LogP contribution is -1.90. The second-order valence-corrected chi connectivity index (χ2v) is 3.79. The fraction of sp³-hybridized carbons (Fsp3) is 0.0769. The first-order chi connectivity index (χ1) is 8.31. The summed E-state index contributed by atoms with van der Waals surface area (Å²) in [7, 11) is 1.93. The Labute approximate surface area is 97.7 Å². The van der Waals surface area contributed by atoms with Gasteiger partial charge in [0, 0.05) is 7.05 Å². The van der Waals surface area contributed by atoms with Gasteiger partial charge in [-0.2, -0.15) is 5.26 Å². The fourth-order valence-corrected chi connectivity index (χ4v) is 1.95. The molecule has 0 aliphatic rings. The number of nitrogens with zero attached hydrogens (tertiary/aromatic N) is 3. The Morgan fingerprint density at radius 2 is 2.24 bits per heavy atom.